The molecule has 1 atom stereocenters. The van der Waals surface area contributed by atoms with Crippen molar-refractivity contribution in [2.75, 3.05) is 0 Å². The van der Waals surface area contributed by atoms with Crippen LogP contribution >= 0.6 is 0 Å². The van der Waals surface area contributed by atoms with Gasteiger partial charge in [-0.05, 0) is 25.1 Å². The van der Waals surface area contributed by atoms with Gasteiger partial charge in [-0.3, -0.25) is 0 Å². The van der Waals surface area contributed by atoms with Crippen LogP contribution < -0.4 is 4.57 Å². The molecule has 74 valence electrons. The van der Waals surface area contributed by atoms with E-state index in [1.165, 1.54) is 22.4 Å². The first-order chi connectivity index (χ1) is 7.27. The third-order valence-corrected chi connectivity index (χ3v) is 3.24. The van der Waals surface area contributed by atoms with Gasteiger partial charge >= 0.3 is 0 Å². The van der Waals surface area contributed by atoms with Gasteiger partial charge in [-0.15, -0.1) is 0 Å². The second-order valence-electron chi connectivity index (χ2n) is 4.26. The third kappa shape index (κ3) is 1.13. The monoisotopic (exact) mass is 196 g/mol. The quantitative estimate of drug-likeness (QED) is 0.570. The third-order valence-electron chi connectivity index (χ3n) is 3.24. The van der Waals surface area contributed by atoms with Crippen molar-refractivity contribution in [1.82, 2.24) is 0 Å². The molecule has 1 aromatic carbocycles. The maximum atomic E-state index is 2.34. The molecule has 0 fully saturated rings. The van der Waals surface area contributed by atoms with Gasteiger partial charge in [-0.25, -0.2) is 0 Å². The highest BCUT2D eigenvalue weighted by atomic mass is 15.0. The number of hydrogen-bond donors (Lipinski definition) is 0. The van der Waals surface area contributed by atoms with Crippen LogP contribution in [0.25, 0.3) is 11.3 Å². The van der Waals surface area contributed by atoms with Gasteiger partial charge in [0.25, 0.3) is 0 Å². The second kappa shape index (κ2) is 2.93. The zero-order chi connectivity index (χ0) is 10.4. The van der Waals surface area contributed by atoms with Crippen LogP contribution in [0.5, 0.6) is 0 Å². The molecule has 0 aliphatic carbocycles. The molecule has 0 radical (unpaired) electrons. The summed E-state index contributed by atoms with van der Waals surface area (Å²) in [6, 6.07) is 13.6. The first-order valence-electron chi connectivity index (χ1n) is 5.38. The molecule has 15 heavy (non-hydrogen) atoms. The van der Waals surface area contributed by atoms with E-state index < -0.39 is 0 Å². The molecule has 1 aromatic heterocycles. The van der Waals surface area contributed by atoms with Crippen LogP contribution in [0.3, 0.4) is 0 Å². The van der Waals surface area contributed by atoms with Crippen LogP contribution in [-0.4, -0.2) is 0 Å². The fourth-order valence-corrected chi connectivity index (χ4v) is 2.43. The van der Waals surface area contributed by atoms with Gasteiger partial charge in [-0.1, -0.05) is 11.6 Å². The molecule has 1 aliphatic rings. The summed E-state index contributed by atoms with van der Waals surface area (Å²) in [5.74, 6) is 0. The van der Waals surface area contributed by atoms with Crippen molar-refractivity contribution >= 4 is 0 Å². The van der Waals surface area contributed by atoms with Crippen molar-refractivity contribution in [3.05, 3.63) is 53.7 Å². The Kier molecular flexibility index (Phi) is 1.69. The largest absolute Gasteiger partial charge is 0.213 e. The van der Waals surface area contributed by atoms with E-state index in [-0.39, 0.29) is 0 Å². The van der Waals surface area contributed by atoms with E-state index in [2.05, 4.69) is 61.0 Å². The van der Waals surface area contributed by atoms with E-state index in [0.717, 1.165) is 0 Å². The van der Waals surface area contributed by atoms with Crippen LogP contribution in [0.2, 0.25) is 0 Å². The maximum absolute atomic E-state index is 2.34. The maximum Gasteiger partial charge on any atom is 0.213 e. The van der Waals surface area contributed by atoms with Crippen LogP contribution in [0, 0.1) is 6.92 Å². The van der Waals surface area contributed by atoms with Gasteiger partial charge in [0.05, 0.1) is 5.56 Å². The van der Waals surface area contributed by atoms with Gasteiger partial charge in [0, 0.05) is 24.6 Å². The minimum Gasteiger partial charge on any atom is -0.191 e. The van der Waals surface area contributed by atoms with Gasteiger partial charge < -0.3 is 0 Å². The predicted molar refractivity (Wildman–Crippen MR) is 60.6 cm³/mol. The summed E-state index contributed by atoms with van der Waals surface area (Å²) in [4.78, 5) is 0. The first kappa shape index (κ1) is 8.66. The number of benzene rings is 1. The molecule has 0 saturated carbocycles. The van der Waals surface area contributed by atoms with Crippen LogP contribution in [-0.2, 0) is 0 Å². The molecule has 0 N–H and O–H groups in total. The lowest BCUT2D eigenvalue weighted by Crippen LogP contribution is -2.35. The molecule has 2 heterocycles. The van der Waals surface area contributed by atoms with Crippen molar-refractivity contribution in [3.8, 4) is 11.3 Å². The Morgan fingerprint density at radius 1 is 1.13 bits per heavy atom. The number of aryl methyl sites for hydroxylation is 1. The Hall–Kier alpha value is -1.63. The highest BCUT2D eigenvalue weighted by Crippen LogP contribution is 2.33. The minimum absolute atomic E-state index is 0.469. The van der Waals surface area contributed by atoms with Crippen molar-refractivity contribution in [2.45, 2.75) is 19.9 Å². The number of rotatable bonds is 0. The zero-order valence-corrected chi connectivity index (χ0v) is 9.07. The highest BCUT2D eigenvalue weighted by molar-refractivity contribution is 5.64. The number of fused-ring (bicyclic) bond motifs is 3. The van der Waals surface area contributed by atoms with Crippen LogP contribution in [0.4, 0.5) is 0 Å². The molecule has 0 saturated heterocycles. The number of nitrogens with zero attached hydrogens (tertiary/aromatic N) is 1. The number of aromatic nitrogens is 1. The highest BCUT2D eigenvalue weighted by Gasteiger charge is 2.31. The fourth-order valence-electron chi connectivity index (χ4n) is 2.43. The summed E-state index contributed by atoms with van der Waals surface area (Å²) in [7, 11) is 0. The molecule has 0 bridgehead atoms. The zero-order valence-electron chi connectivity index (χ0n) is 9.07. The van der Waals surface area contributed by atoms with E-state index in [4.69, 9.17) is 0 Å². The van der Waals surface area contributed by atoms with E-state index in [1.54, 1.807) is 0 Å². The summed E-state index contributed by atoms with van der Waals surface area (Å²) >= 11 is 0. The Morgan fingerprint density at radius 3 is 2.87 bits per heavy atom. The summed E-state index contributed by atoms with van der Waals surface area (Å²) in [5.41, 5.74) is 5.50. The summed E-state index contributed by atoms with van der Waals surface area (Å²) < 4.78 is 2.34. The smallest absolute Gasteiger partial charge is 0.191 e. The summed E-state index contributed by atoms with van der Waals surface area (Å²) in [6.07, 6.45) is 2.16. The molecule has 0 amide bonds. The topological polar surface area (TPSA) is 3.88 Å². The molecule has 1 unspecified atom stereocenters. The van der Waals surface area contributed by atoms with Crippen molar-refractivity contribution in [1.29, 1.82) is 0 Å². The molecule has 0 spiro atoms. The first-order valence-corrected chi connectivity index (χ1v) is 5.38. The van der Waals surface area contributed by atoms with Crippen molar-refractivity contribution < 1.29 is 4.57 Å². The lowest BCUT2D eigenvalue weighted by atomic mass is 10.0. The lowest BCUT2D eigenvalue weighted by Gasteiger charge is -2.00. The predicted octanol–water partition coefficient (Wildman–Crippen LogP) is 2.87. The van der Waals surface area contributed by atoms with Gasteiger partial charge in [0.15, 0.2) is 12.2 Å². The number of pyridine rings is 1. The Labute approximate surface area is 90.0 Å². The average molecular weight is 196 g/mol. The van der Waals surface area contributed by atoms with E-state index in [9.17, 15) is 0 Å². The minimum atomic E-state index is 0.469. The van der Waals surface area contributed by atoms with E-state index >= 15 is 0 Å². The van der Waals surface area contributed by atoms with Crippen LogP contribution in [0.15, 0.2) is 42.6 Å². The van der Waals surface area contributed by atoms with Gasteiger partial charge in [0.2, 0.25) is 5.69 Å². The summed E-state index contributed by atoms with van der Waals surface area (Å²) in [5, 5.41) is 0. The molecule has 2 aromatic rings. The van der Waals surface area contributed by atoms with Crippen molar-refractivity contribution in [2.24, 2.45) is 0 Å². The Morgan fingerprint density at radius 2 is 2.00 bits per heavy atom. The lowest BCUT2D eigenvalue weighted by molar-refractivity contribution is -0.694. The number of hydrogen-bond acceptors (Lipinski definition) is 0. The van der Waals surface area contributed by atoms with Crippen LogP contribution in [0.1, 0.15) is 24.1 Å². The summed E-state index contributed by atoms with van der Waals surface area (Å²) in [6.45, 7) is 4.41. The molecule has 1 aliphatic heterocycles. The van der Waals surface area contributed by atoms with Crippen molar-refractivity contribution in [3.63, 3.8) is 0 Å². The average Bonchev–Trinajstić information content (AvgIpc) is 2.54. The molecule has 1 nitrogen and oxygen atoms in total. The van der Waals surface area contributed by atoms with E-state index in [1.807, 2.05) is 0 Å². The van der Waals surface area contributed by atoms with E-state index in [0.29, 0.717) is 6.04 Å². The Balaban J connectivity index is 2.32. The molecular formula is C14H14N+. The SMILES string of the molecule is Cc1ccc2c(c1)C(C)[n+]1ccccc1-2. The molecule has 3 rings (SSSR count). The Bertz CT molecular complexity index is 529. The van der Waals surface area contributed by atoms with Gasteiger partial charge in [0.1, 0.15) is 0 Å². The standard InChI is InChI=1S/C14H14N/c1-10-6-7-12-13(9-10)11(2)15-8-4-3-5-14(12)15/h3-9,11H,1-2H3/q+1. The molecular weight excluding hydrogens is 182 g/mol. The normalized spacial score (nSPS) is 17.3. The van der Waals surface area contributed by atoms with Gasteiger partial charge in [-0.2, -0.15) is 4.57 Å². The molecule has 1 heteroatoms. The fraction of sp³-hybridized carbons (Fsp3) is 0.214. The second-order valence-corrected chi connectivity index (χ2v) is 4.26.